The zero-order valence-electron chi connectivity index (χ0n) is 8.09. The van der Waals surface area contributed by atoms with Gasteiger partial charge in [0.1, 0.15) is 5.82 Å². The van der Waals surface area contributed by atoms with E-state index in [2.05, 4.69) is 16.5 Å². The number of aryl methyl sites for hydroxylation is 2. The van der Waals surface area contributed by atoms with Crippen molar-refractivity contribution in [2.45, 2.75) is 33.7 Å². The summed E-state index contributed by atoms with van der Waals surface area (Å²) in [6, 6.07) is 0. The second-order valence-electron chi connectivity index (χ2n) is 3.12. The molecule has 0 fully saturated rings. The Bertz CT molecular complexity index is 263. The van der Waals surface area contributed by atoms with Gasteiger partial charge < -0.3 is 10.3 Å². The Hall–Kier alpha value is -0.830. The van der Waals surface area contributed by atoms with Crippen LogP contribution >= 0.6 is 0 Å². The van der Waals surface area contributed by atoms with Crippen molar-refractivity contribution in [2.24, 2.45) is 5.73 Å². The summed E-state index contributed by atoms with van der Waals surface area (Å²) >= 11 is 0. The minimum atomic E-state index is 0.746. The van der Waals surface area contributed by atoms with Gasteiger partial charge in [-0.2, -0.15) is 0 Å². The molecule has 2 N–H and O–H groups in total. The van der Waals surface area contributed by atoms with Crippen LogP contribution in [0, 0.1) is 20.8 Å². The fourth-order valence-corrected chi connectivity index (χ4v) is 1.40. The lowest BCUT2D eigenvalue weighted by atomic mass is 10.3. The molecule has 12 heavy (non-hydrogen) atoms. The molecule has 0 aliphatic heterocycles. The van der Waals surface area contributed by atoms with Gasteiger partial charge in [0.05, 0.1) is 5.69 Å². The van der Waals surface area contributed by atoms with Crippen molar-refractivity contribution in [3.63, 3.8) is 0 Å². The van der Waals surface area contributed by atoms with E-state index in [4.69, 9.17) is 5.73 Å². The van der Waals surface area contributed by atoms with Gasteiger partial charge in [0, 0.05) is 12.2 Å². The van der Waals surface area contributed by atoms with Crippen LogP contribution in [0.25, 0.3) is 0 Å². The van der Waals surface area contributed by atoms with E-state index in [0.717, 1.165) is 31.0 Å². The molecule has 0 radical (unpaired) electrons. The molecule has 0 atom stereocenters. The molecule has 1 aromatic rings. The number of aromatic nitrogens is 2. The number of hydrogen-bond donors (Lipinski definition) is 1. The first-order valence-electron chi connectivity index (χ1n) is 4.37. The quantitative estimate of drug-likeness (QED) is 0.734. The van der Waals surface area contributed by atoms with E-state index in [1.807, 2.05) is 13.8 Å². The standard InChI is InChI=1S/C9H17N3/c1-7-8(2)12(6-4-5-10)9(3)11-7/h4-6,10H2,1-3H3. The van der Waals surface area contributed by atoms with Gasteiger partial charge >= 0.3 is 0 Å². The summed E-state index contributed by atoms with van der Waals surface area (Å²) in [7, 11) is 0. The van der Waals surface area contributed by atoms with Gasteiger partial charge in [0.25, 0.3) is 0 Å². The highest BCUT2D eigenvalue weighted by molar-refractivity contribution is 5.13. The van der Waals surface area contributed by atoms with Crippen molar-refractivity contribution in [3.05, 3.63) is 17.2 Å². The first-order valence-corrected chi connectivity index (χ1v) is 4.37. The Labute approximate surface area is 73.6 Å². The van der Waals surface area contributed by atoms with Crippen LogP contribution < -0.4 is 5.73 Å². The minimum Gasteiger partial charge on any atom is -0.332 e. The molecule has 0 spiro atoms. The van der Waals surface area contributed by atoms with Crippen LogP contribution in [0.15, 0.2) is 0 Å². The molecular formula is C9H17N3. The molecule has 68 valence electrons. The Kier molecular flexibility index (Phi) is 2.87. The number of imidazole rings is 1. The van der Waals surface area contributed by atoms with Gasteiger partial charge in [0.2, 0.25) is 0 Å². The molecule has 0 aliphatic carbocycles. The maximum Gasteiger partial charge on any atom is 0.106 e. The number of hydrogen-bond acceptors (Lipinski definition) is 2. The fourth-order valence-electron chi connectivity index (χ4n) is 1.40. The molecule has 1 heterocycles. The third kappa shape index (κ3) is 1.67. The predicted octanol–water partition coefficient (Wildman–Crippen LogP) is 1.16. The van der Waals surface area contributed by atoms with E-state index in [1.165, 1.54) is 5.69 Å². The topological polar surface area (TPSA) is 43.8 Å². The first-order chi connectivity index (χ1) is 5.66. The van der Waals surface area contributed by atoms with E-state index in [1.54, 1.807) is 0 Å². The van der Waals surface area contributed by atoms with Crippen molar-refractivity contribution in [1.82, 2.24) is 9.55 Å². The van der Waals surface area contributed by atoms with Crippen LogP contribution in [0.4, 0.5) is 0 Å². The minimum absolute atomic E-state index is 0.746. The molecule has 1 rings (SSSR count). The molecule has 0 aliphatic rings. The maximum absolute atomic E-state index is 5.45. The van der Waals surface area contributed by atoms with Gasteiger partial charge in [-0.15, -0.1) is 0 Å². The molecule has 0 bridgehead atoms. The van der Waals surface area contributed by atoms with Crippen LogP contribution in [-0.2, 0) is 6.54 Å². The van der Waals surface area contributed by atoms with E-state index in [0.29, 0.717) is 0 Å². The first kappa shape index (κ1) is 9.26. The van der Waals surface area contributed by atoms with Gasteiger partial charge in [-0.25, -0.2) is 4.98 Å². The summed E-state index contributed by atoms with van der Waals surface area (Å²) in [5, 5.41) is 0. The highest BCUT2D eigenvalue weighted by Gasteiger charge is 2.05. The third-order valence-corrected chi connectivity index (χ3v) is 2.23. The molecule has 1 aromatic heterocycles. The summed E-state index contributed by atoms with van der Waals surface area (Å²) in [6.45, 7) is 7.93. The summed E-state index contributed by atoms with van der Waals surface area (Å²) in [5.74, 6) is 1.10. The Morgan fingerprint density at radius 3 is 2.42 bits per heavy atom. The fraction of sp³-hybridized carbons (Fsp3) is 0.667. The SMILES string of the molecule is Cc1nc(C)n(CCCN)c1C. The summed E-state index contributed by atoms with van der Waals surface area (Å²) in [5.41, 5.74) is 7.84. The number of nitrogens with zero attached hydrogens (tertiary/aromatic N) is 2. The van der Waals surface area contributed by atoms with Gasteiger partial charge in [0.15, 0.2) is 0 Å². The maximum atomic E-state index is 5.45. The lowest BCUT2D eigenvalue weighted by Gasteiger charge is -2.05. The molecule has 3 nitrogen and oxygen atoms in total. The van der Waals surface area contributed by atoms with Crippen LogP contribution in [-0.4, -0.2) is 16.1 Å². The molecule has 0 amide bonds. The highest BCUT2D eigenvalue weighted by Crippen LogP contribution is 2.09. The molecule has 3 heteroatoms. The smallest absolute Gasteiger partial charge is 0.106 e. The average Bonchev–Trinajstić information content (AvgIpc) is 2.25. The lowest BCUT2D eigenvalue weighted by molar-refractivity contribution is 0.619. The van der Waals surface area contributed by atoms with Crippen molar-refractivity contribution < 1.29 is 0 Å². The summed E-state index contributed by atoms with van der Waals surface area (Å²) in [6.07, 6.45) is 1.03. The summed E-state index contributed by atoms with van der Waals surface area (Å²) < 4.78 is 2.22. The molecular weight excluding hydrogens is 150 g/mol. The Morgan fingerprint density at radius 1 is 1.33 bits per heavy atom. The van der Waals surface area contributed by atoms with Crippen molar-refractivity contribution in [3.8, 4) is 0 Å². The average molecular weight is 167 g/mol. The normalized spacial score (nSPS) is 10.7. The Morgan fingerprint density at radius 2 is 2.00 bits per heavy atom. The monoisotopic (exact) mass is 167 g/mol. The number of nitrogens with two attached hydrogens (primary N) is 1. The van der Waals surface area contributed by atoms with Gasteiger partial charge in [-0.1, -0.05) is 0 Å². The molecule has 0 saturated heterocycles. The van der Waals surface area contributed by atoms with Crippen LogP contribution in [0.1, 0.15) is 23.6 Å². The molecule has 0 aromatic carbocycles. The van der Waals surface area contributed by atoms with Crippen molar-refractivity contribution in [2.75, 3.05) is 6.54 Å². The molecule has 0 saturated carbocycles. The van der Waals surface area contributed by atoms with Gasteiger partial charge in [-0.05, 0) is 33.7 Å². The van der Waals surface area contributed by atoms with Crippen molar-refractivity contribution >= 4 is 0 Å². The van der Waals surface area contributed by atoms with Crippen LogP contribution in [0.3, 0.4) is 0 Å². The second kappa shape index (κ2) is 3.72. The zero-order valence-corrected chi connectivity index (χ0v) is 8.09. The van der Waals surface area contributed by atoms with E-state index < -0.39 is 0 Å². The van der Waals surface area contributed by atoms with E-state index in [9.17, 15) is 0 Å². The third-order valence-electron chi connectivity index (χ3n) is 2.23. The van der Waals surface area contributed by atoms with Crippen LogP contribution in [0.5, 0.6) is 0 Å². The van der Waals surface area contributed by atoms with Crippen molar-refractivity contribution in [1.29, 1.82) is 0 Å². The zero-order chi connectivity index (χ0) is 9.14. The van der Waals surface area contributed by atoms with E-state index in [-0.39, 0.29) is 0 Å². The number of rotatable bonds is 3. The molecule has 0 unspecified atom stereocenters. The largest absolute Gasteiger partial charge is 0.332 e. The summed E-state index contributed by atoms with van der Waals surface area (Å²) in [4.78, 5) is 4.39. The Balaban J connectivity index is 2.82. The van der Waals surface area contributed by atoms with Crippen LogP contribution in [0.2, 0.25) is 0 Å². The van der Waals surface area contributed by atoms with Gasteiger partial charge in [-0.3, -0.25) is 0 Å². The highest BCUT2D eigenvalue weighted by atomic mass is 15.1. The second-order valence-corrected chi connectivity index (χ2v) is 3.12. The van der Waals surface area contributed by atoms with E-state index >= 15 is 0 Å². The predicted molar refractivity (Wildman–Crippen MR) is 50.1 cm³/mol. The lowest BCUT2D eigenvalue weighted by Crippen LogP contribution is -2.08.